The minimum Gasteiger partial charge on any atom is -0.338 e. The van der Waals surface area contributed by atoms with E-state index in [0.717, 1.165) is 42.7 Å². The van der Waals surface area contributed by atoms with E-state index in [9.17, 15) is 4.79 Å². The minimum absolute atomic E-state index is 0.104. The van der Waals surface area contributed by atoms with Crippen LogP contribution in [0.3, 0.4) is 0 Å². The monoisotopic (exact) mass is 428 g/mol. The van der Waals surface area contributed by atoms with Crippen molar-refractivity contribution in [3.8, 4) is 0 Å². The lowest BCUT2D eigenvalue weighted by Gasteiger charge is -2.55. The highest BCUT2D eigenvalue weighted by Crippen LogP contribution is 2.60. The van der Waals surface area contributed by atoms with Crippen LogP contribution >= 0.6 is 0 Å². The lowest BCUT2D eigenvalue weighted by atomic mass is 9.49. The molecule has 5 aliphatic carbocycles. The molecule has 5 aliphatic rings. The average Bonchev–Trinajstić information content (AvgIpc) is 2.80. The van der Waals surface area contributed by atoms with Crippen LogP contribution in [0.5, 0.6) is 0 Å². The zero-order valence-electron chi connectivity index (χ0n) is 19.1. The third kappa shape index (κ3) is 3.74. The molecule has 168 valence electrons. The van der Waals surface area contributed by atoms with E-state index in [1.807, 2.05) is 0 Å². The van der Waals surface area contributed by atoms with Crippen LogP contribution in [0.25, 0.3) is 0 Å². The summed E-state index contributed by atoms with van der Waals surface area (Å²) in [7, 11) is 0. The Hall–Kier alpha value is -2.29. The second kappa shape index (κ2) is 8.24. The zero-order chi connectivity index (χ0) is 21.5. The fraction of sp³-hybridized carbons (Fsp3) is 0.552. The topological polar surface area (TPSA) is 32.3 Å². The second-order valence-corrected chi connectivity index (χ2v) is 11.2. The van der Waals surface area contributed by atoms with Gasteiger partial charge in [-0.1, -0.05) is 43.5 Å². The largest absolute Gasteiger partial charge is 0.338 e. The maximum atomic E-state index is 13.6. The number of anilines is 3. The smallest absolute Gasteiger partial charge is 0.230 e. The molecule has 3 heteroatoms. The number of hydrogen-bond acceptors (Lipinski definition) is 2. The van der Waals surface area contributed by atoms with E-state index in [4.69, 9.17) is 0 Å². The first-order valence-corrected chi connectivity index (χ1v) is 12.9. The van der Waals surface area contributed by atoms with Gasteiger partial charge < -0.3 is 10.2 Å². The van der Waals surface area contributed by atoms with Gasteiger partial charge in [-0.05, 0) is 99.5 Å². The van der Waals surface area contributed by atoms with Crippen molar-refractivity contribution in [1.82, 2.24) is 0 Å². The number of carbonyl (C=O) groups excluding carboxylic acids is 1. The van der Waals surface area contributed by atoms with Crippen LogP contribution in [0, 0.1) is 23.2 Å². The third-order valence-electron chi connectivity index (χ3n) is 8.88. The van der Waals surface area contributed by atoms with Crippen molar-refractivity contribution < 1.29 is 4.79 Å². The van der Waals surface area contributed by atoms with E-state index >= 15 is 0 Å². The van der Waals surface area contributed by atoms with Crippen molar-refractivity contribution in [2.45, 2.75) is 76.7 Å². The highest BCUT2D eigenvalue weighted by Gasteiger charge is 2.54. The fourth-order valence-electron chi connectivity index (χ4n) is 7.88. The van der Waals surface area contributed by atoms with Crippen molar-refractivity contribution in [3.05, 3.63) is 54.6 Å². The molecule has 2 aromatic rings. The molecule has 0 radical (unpaired) electrons. The fourth-order valence-corrected chi connectivity index (χ4v) is 7.88. The van der Waals surface area contributed by atoms with Gasteiger partial charge in [-0.25, -0.2) is 0 Å². The van der Waals surface area contributed by atoms with Crippen molar-refractivity contribution in [3.63, 3.8) is 0 Å². The van der Waals surface area contributed by atoms with Crippen LogP contribution < -0.4 is 10.2 Å². The minimum atomic E-state index is -0.104. The summed E-state index contributed by atoms with van der Waals surface area (Å²) in [5, 5.41) is 3.38. The van der Waals surface area contributed by atoms with E-state index in [2.05, 4.69) is 64.8 Å². The van der Waals surface area contributed by atoms with Gasteiger partial charge in [-0.3, -0.25) is 4.79 Å². The van der Waals surface area contributed by atoms with Crippen LogP contribution in [-0.4, -0.2) is 11.9 Å². The lowest BCUT2D eigenvalue weighted by molar-refractivity contribution is -0.140. The van der Waals surface area contributed by atoms with Gasteiger partial charge in [0, 0.05) is 23.1 Å². The van der Waals surface area contributed by atoms with E-state index in [1.165, 1.54) is 62.7 Å². The quantitative estimate of drug-likeness (QED) is 0.541. The summed E-state index contributed by atoms with van der Waals surface area (Å²) >= 11 is 0. The summed E-state index contributed by atoms with van der Waals surface area (Å²) in [4.78, 5) is 16.1. The Morgan fingerprint density at radius 1 is 0.781 bits per heavy atom. The van der Waals surface area contributed by atoms with Gasteiger partial charge in [0.15, 0.2) is 0 Å². The first-order chi connectivity index (χ1) is 15.7. The molecule has 32 heavy (non-hydrogen) atoms. The van der Waals surface area contributed by atoms with Gasteiger partial charge in [0.25, 0.3) is 0 Å². The van der Waals surface area contributed by atoms with Gasteiger partial charge in [0.1, 0.15) is 0 Å². The van der Waals surface area contributed by atoms with Gasteiger partial charge >= 0.3 is 0 Å². The molecule has 0 unspecified atom stereocenters. The average molecular weight is 429 g/mol. The van der Waals surface area contributed by atoms with Crippen LogP contribution in [-0.2, 0) is 4.79 Å². The number of nitrogens with one attached hydrogen (secondary N) is 1. The normalized spacial score (nSPS) is 31.4. The van der Waals surface area contributed by atoms with Crippen molar-refractivity contribution in [1.29, 1.82) is 0 Å². The molecule has 2 aromatic carbocycles. The number of carbonyl (C=O) groups is 1. The number of benzene rings is 2. The Balaban J connectivity index is 1.26. The Morgan fingerprint density at radius 2 is 1.41 bits per heavy atom. The molecule has 0 heterocycles. The van der Waals surface area contributed by atoms with Crippen molar-refractivity contribution in [2.75, 3.05) is 10.2 Å². The van der Waals surface area contributed by atoms with Crippen LogP contribution in [0.2, 0.25) is 0 Å². The van der Waals surface area contributed by atoms with Crippen molar-refractivity contribution >= 4 is 23.0 Å². The van der Waals surface area contributed by atoms with E-state index in [-0.39, 0.29) is 11.3 Å². The van der Waals surface area contributed by atoms with E-state index in [1.54, 1.807) is 0 Å². The summed E-state index contributed by atoms with van der Waals surface area (Å²) in [6, 6.07) is 19.9. The number of para-hydroxylation sites is 1. The van der Waals surface area contributed by atoms with E-state index in [0.29, 0.717) is 6.04 Å². The zero-order valence-corrected chi connectivity index (χ0v) is 19.1. The number of hydrogen-bond donors (Lipinski definition) is 1. The Morgan fingerprint density at radius 3 is 2.06 bits per heavy atom. The van der Waals surface area contributed by atoms with Crippen LogP contribution in [0.1, 0.15) is 70.6 Å². The summed E-state index contributed by atoms with van der Waals surface area (Å²) in [5.74, 6) is 2.66. The van der Waals surface area contributed by atoms with Gasteiger partial charge in [0.2, 0.25) is 5.91 Å². The number of amides is 1. The van der Waals surface area contributed by atoms with Gasteiger partial charge in [0.05, 0.1) is 5.41 Å². The lowest BCUT2D eigenvalue weighted by Crippen LogP contribution is -2.51. The van der Waals surface area contributed by atoms with E-state index < -0.39 is 0 Å². The Labute approximate surface area is 192 Å². The molecular formula is C29H36N2O. The molecule has 7 rings (SSSR count). The number of rotatable bonds is 5. The highest BCUT2D eigenvalue weighted by atomic mass is 16.2. The number of nitrogens with zero attached hydrogens (tertiary/aromatic N) is 1. The van der Waals surface area contributed by atoms with Crippen LogP contribution in [0.4, 0.5) is 17.1 Å². The van der Waals surface area contributed by atoms with Gasteiger partial charge in [-0.15, -0.1) is 0 Å². The molecule has 3 nitrogen and oxygen atoms in total. The summed E-state index contributed by atoms with van der Waals surface area (Å²) in [5.41, 5.74) is 3.31. The molecule has 0 aliphatic heterocycles. The first-order valence-electron chi connectivity index (χ1n) is 12.9. The summed E-state index contributed by atoms with van der Waals surface area (Å²) in [6.45, 7) is 0. The molecule has 0 aromatic heterocycles. The SMILES string of the molecule is O=C(Nc1cccc(N(c2ccccc2)C2CCCCC2)c1)C12CC3CC(CC(C3)C1)C2. The van der Waals surface area contributed by atoms with Crippen LogP contribution in [0.15, 0.2) is 54.6 Å². The maximum Gasteiger partial charge on any atom is 0.230 e. The molecule has 0 atom stereocenters. The van der Waals surface area contributed by atoms with Gasteiger partial charge in [-0.2, -0.15) is 0 Å². The predicted molar refractivity (Wildman–Crippen MR) is 131 cm³/mol. The molecule has 0 saturated heterocycles. The third-order valence-corrected chi connectivity index (χ3v) is 8.88. The molecule has 5 saturated carbocycles. The summed E-state index contributed by atoms with van der Waals surface area (Å²) in [6.07, 6.45) is 13.9. The predicted octanol–water partition coefficient (Wildman–Crippen LogP) is 7.31. The second-order valence-electron chi connectivity index (χ2n) is 11.2. The Bertz CT molecular complexity index is 927. The van der Waals surface area contributed by atoms with Crippen molar-refractivity contribution in [2.24, 2.45) is 23.2 Å². The molecule has 1 amide bonds. The standard InChI is InChI=1S/C29H36N2O/c32-28(29-18-21-14-22(19-29)16-23(15-21)20-29)30-24-8-7-13-27(17-24)31(25-9-3-1-4-10-25)26-11-5-2-6-12-26/h1,3-4,7-10,13,17,21-23,26H,2,5-6,11-12,14-16,18-20H2,(H,30,32). The summed E-state index contributed by atoms with van der Waals surface area (Å²) < 4.78 is 0. The highest BCUT2D eigenvalue weighted by molar-refractivity contribution is 5.96. The maximum absolute atomic E-state index is 13.6. The molecule has 5 fully saturated rings. The molecular weight excluding hydrogens is 392 g/mol. The first kappa shape index (κ1) is 20.3. The molecule has 4 bridgehead atoms. The Kier molecular flexibility index (Phi) is 5.24. The molecule has 0 spiro atoms. The molecule has 1 N–H and O–H groups in total.